The summed E-state index contributed by atoms with van der Waals surface area (Å²) in [5.74, 6) is 0. The Morgan fingerprint density at radius 3 is 2.93 bits per heavy atom. The number of fused-ring (bicyclic) bond motifs is 1. The number of anilines is 1. The molecule has 28 heavy (non-hydrogen) atoms. The highest BCUT2D eigenvalue weighted by molar-refractivity contribution is 5.85. The third-order valence-corrected chi connectivity index (χ3v) is 5.18. The number of halogens is 1. The van der Waals surface area contributed by atoms with Crippen LogP contribution in [0.5, 0.6) is 0 Å². The molecule has 0 bridgehead atoms. The second-order valence-electron chi connectivity index (χ2n) is 6.87. The summed E-state index contributed by atoms with van der Waals surface area (Å²) in [6.07, 6.45) is 4.69. The summed E-state index contributed by atoms with van der Waals surface area (Å²) in [7, 11) is 0. The van der Waals surface area contributed by atoms with Crippen molar-refractivity contribution in [3.8, 4) is 5.69 Å². The Kier molecular flexibility index (Phi) is 6.44. The highest BCUT2D eigenvalue weighted by Crippen LogP contribution is 2.30. The van der Waals surface area contributed by atoms with Crippen LogP contribution >= 0.6 is 12.4 Å². The van der Waals surface area contributed by atoms with Gasteiger partial charge in [-0.25, -0.2) is 4.68 Å². The maximum Gasteiger partial charge on any atom is 0.143 e. The average Bonchev–Trinajstić information content (AvgIpc) is 3.39. The van der Waals surface area contributed by atoms with Crippen LogP contribution in [0.15, 0.2) is 61.4 Å². The van der Waals surface area contributed by atoms with Crippen LogP contribution in [0, 0.1) is 0 Å². The van der Waals surface area contributed by atoms with E-state index in [9.17, 15) is 0 Å². The summed E-state index contributed by atoms with van der Waals surface area (Å²) in [4.78, 5) is 2.43. The van der Waals surface area contributed by atoms with Gasteiger partial charge in [0.15, 0.2) is 0 Å². The van der Waals surface area contributed by atoms with Crippen LogP contribution in [0.25, 0.3) is 5.69 Å². The van der Waals surface area contributed by atoms with Gasteiger partial charge in [0.25, 0.3) is 0 Å². The van der Waals surface area contributed by atoms with Crippen molar-refractivity contribution < 1.29 is 0 Å². The smallest absolute Gasteiger partial charge is 0.143 e. The maximum absolute atomic E-state index is 3.99. The summed E-state index contributed by atoms with van der Waals surface area (Å²) >= 11 is 0. The Morgan fingerprint density at radius 2 is 2.14 bits per heavy atom. The summed E-state index contributed by atoms with van der Waals surface area (Å²) < 4.78 is 1.68. The molecule has 0 spiro atoms. The third-order valence-electron chi connectivity index (χ3n) is 5.18. The lowest BCUT2D eigenvalue weighted by molar-refractivity contribution is 0.225. The van der Waals surface area contributed by atoms with Crippen molar-refractivity contribution in [2.24, 2.45) is 0 Å². The van der Waals surface area contributed by atoms with E-state index in [1.165, 1.54) is 22.4 Å². The topological polar surface area (TPSA) is 58.9 Å². The Hall–Kier alpha value is -2.70. The van der Waals surface area contributed by atoms with Crippen LogP contribution in [-0.2, 0) is 13.0 Å². The SMILES string of the molecule is C=CCN(Cc1cccc2c1NCC2)C(C)c1cccc(-n2cnnn2)c1.Cl. The molecule has 146 valence electrons. The Morgan fingerprint density at radius 1 is 1.29 bits per heavy atom. The Bertz CT molecular complexity index is 924. The first kappa shape index (κ1) is 20.0. The minimum atomic E-state index is 0. The molecule has 3 aromatic rings. The first-order valence-corrected chi connectivity index (χ1v) is 9.29. The number of hydrogen-bond donors (Lipinski definition) is 1. The van der Waals surface area contributed by atoms with Gasteiger partial charge in [-0.05, 0) is 52.6 Å². The fraction of sp³-hybridized carbons (Fsp3) is 0.286. The molecule has 1 atom stereocenters. The molecule has 1 unspecified atom stereocenters. The molecule has 2 heterocycles. The predicted octanol–water partition coefficient (Wildman–Crippen LogP) is 3.80. The van der Waals surface area contributed by atoms with E-state index < -0.39 is 0 Å². The van der Waals surface area contributed by atoms with E-state index in [1.54, 1.807) is 11.0 Å². The second kappa shape index (κ2) is 8.99. The van der Waals surface area contributed by atoms with Crippen molar-refractivity contribution in [3.05, 3.63) is 78.1 Å². The van der Waals surface area contributed by atoms with Gasteiger partial charge in [-0.2, -0.15) is 0 Å². The number of tetrazole rings is 1. The van der Waals surface area contributed by atoms with Gasteiger partial charge in [0.05, 0.1) is 5.69 Å². The normalized spacial score (nSPS) is 13.5. The standard InChI is InChI=1S/C21H24N6.ClH/c1-3-12-26(14-19-8-4-6-17-10-11-22-21(17)19)16(2)18-7-5-9-20(13-18)27-15-23-24-25-27;/h3-9,13,15-16,22H,1,10-12,14H2,2H3;1H. The van der Waals surface area contributed by atoms with Crippen LogP contribution in [0.2, 0.25) is 0 Å². The lowest BCUT2D eigenvalue weighted by Gasteiger charge is -2.29. The molecule has 0 amide bonds. The number of para-hydroxylation sites is 1. The number of aromatic nitrogens is 4. The van der Waals surface area contributed by atoms with Crippen molar-refractivity contribution in [2.45, 2.75) is 25.9 Å². The van der Waals surface area contributed by atoms with E-state index in [2.05, 4.69) is 75.6 Å². The molecule has 6 nitrogen and oxygen atoms in total. The van der Waals surface area contributed by atoms with Gasteiger partial charge in [0.1, 0.15) is 6.33 Å². The highest BCUT2D eigenvalue weighted by Gasteiger charge is 2.20. The minimum absolute atomic E-state index is 0. The third kappa shape index (κ3) is 4.08. The minimum Gasteiger partial charge on any atom is -0.384 e. The molecule has 1 aliphatic rings. The van der Waals surface area contributed by atoms with Crippen LogP contribution in [0.3, 0.4) is 0 Å². The van der Waals surface area contributed by atoms with Gasteiger partial charge < -0.3 is 5.32 Å². The monoisotopic (exact) mass is 396 g/mol. The molecule has 0 saturated heterocycles. The summed E-state index contributed by atoms with van der Waals surface area (Å²) in [5.41, 5.74) is 6.26. The second-order valence-corrected chi connectivity index (χ2v) is 6.87. The van der Waals surface area contributed by atoms with Gasteiger partial charge in [-0.1, -0.05) is 36.4 Å². The van der Waals surface area contributed by atoms with E-state index in [0.29, 0.717) is 0 Å². The summed E-state index contributed by atoms with van der Waals surface area (Å²) in [6, 6.07) is 15.2. The zero-order valence-electron chi connectivity index (χ0n) is 16.0. The van der Waals surface area contributed by atoms with Crippen molar-refractivity contribution in [1.82, 2.24) is 25.1 Å². The van der Waals surface area contributed by atoms with Crippen molar-refractivity contribution in [2.75, 3.05) is 18.4 Å². The predicted molar refractivity (Wildman–Crippen MR) is 114 cm³/mol. The lowest BCUT2D eigenvalue weighted by Crippen LogP contribution is -2.27. The van der Waals surface area contributed by atoms with Crippen LogP contribution in [0.4, 0.5) is 5.69 Å². The Labute approximate surface area is 171 Å². The fourth-order valence-corrected chi connectivity index (χ4v) is 3.70. The first-order valence-electron chi connectivity index (χ1n) is 9.29. The molecule has 1 aromatic heterocycles. The summed E-state index contributed by atoms with van der Waals surface area (Å²) in [5, 5.41) is 15.0. The number of nitrogens with one attached hydrogen (secondary N) is 1. The zero-order chi connectivity index (χ0) is 18.6. The highest BCUT2D eigenvalue weighted by atomic mass is 35.5. The van der Waals surface area contributed by atoms with E-state index in [0.717, 1.165) is 31.7 Å². The van der Waals surface area contributed by atoms with E-state index >= 15 is 0 Å². The molecule has 1 N–H and O–H groups in total. The molecule has 4 rings (SSSR count). The lowest BCUT2D eigenvalue weighted by atomic mass is 10.0. The van der Waals surface area contributed by atoms with Gasteiger partial charge in [0.2, 0.25) is 0 Å². The molecular weight excluding hydrogens is 372 g/mol. The van der Waals surface area contributed by atoms with Gasteiger partial charge in [-0.15, -0.1) is 24.1 Å². The van der Waals surface area contributed by atoms with E-state index in [-0.39, 0.29) is 18.4 Å². The zero-order valence-corrected chi connectivity index (χ0v) is 16.8. The van der Waals surface area contributed by atoms with Gasteiger partial charge in [0, 0.05) is 31.4 Å². The molecule has 0 aliphatic carbocycles. The van der Waals surface area contributed by atoms with Gasteiger partial charge in [-0.3, -0.25) is 4.90 Å². The van der Waals surface area contributed by atoms with E-state index in [1.807, 2.05) is 12.1 Å². The van der Waals surface area contributed by atoms with Crippen LogP contribution in [0.1, 0.15) is 29.7 Å². The van der Waals surface area contributed by atoms with Crippen molar-refractivity contribution in [1.29, 1.82) is 0 Å². The fourth-order valence-electron chi connectivity index (χ4n) is 3.70. The molecule has 1 aliphatic heterocycles. The Balaban J connectivity index is 0.00000225. The first-order chi connectivity index (χ1) is 13.3. The molecule has 7 heteroatoms. The molecule has 2 aromatic carbocycles. The molecule has 0 fully saturated rings. The average molecular weight is 397 g/mol. The number of benzene rings is 2. The largest absolute Gasteiger partial charge is 0.384 e. The van der Waals surface area contributed by atoms with Crippen LogP contribution in [-0.4, -0.2) is 38.2 Å². The van der Waals surface area contributed by atoms with E-state index in [4.69, 9.17) is 0 Å². The maximum atomic E-state index is 3.99. The quantitative estimate of drug-likeness (QED) is 0.615. The van der Waals surface area contributed by atoms with Crippen molar-refractivity contribution in [3.63, 3.8) is 0 Å². The van der Waals surface area contributed by atoms with Crippen LogP contribution < -0.4 is 5.32 Å². The number of nitrogens with zero attached hydrogens (tertiary/aromatic N) is 5. The van der Waals surface area contributed by atoms with Gasteiger partial charge >= 0.3 is 0 Å². The summed E-state index contributed by atoms with van der Waals surface area (Å²) in [6.45, 7) is 8.91. The molecule has 0 radical (unpaired) electrons. The molecule has 0 saturated carbocycles. The molecular formula is C21H25ClN6. The number of rotatable bonds is 7. The number of hydrogen-bond acceptors (Lipinski definition) is 5. The van der Waals surface area contributed by atoms with Crippen molar-refractivity contribution >= 4 is 18.1 Å².